The van der Waals surface area contributed by atoms with E-state index in [1.54, 1.807) is 6.92 Å². The van der Waals surface area contributed by atoms with Crippen LogP contribution in [0.2, 0.25) is 0 Å². The maximum atomic E-state index is 13.5. The largest absolute Gasteiger partial charge is 0.426 e. The van der Waals surface area contributed by atoms with Crippen LogP contribution in [-0.4, -0.2) is 10.5 Å². The molecule has 1 aliphatic rings. The number of nitrogens with zero attached hydrogens (tertiary/aromatic N) is 1. The number of ether oxygens (including phenoxy) is 1. The van der Waals surface area contributed by atoms with Gasteiger partial charge < -0.3 is 9.30 Å². The Bertz CT molecular complexity index is 866. The number of hydrogen-bond donors (Lipinski definition) is 0. The topological polar surface area (TPSA) is 48.3 Å². The van der Waals surface area contributed by atoms with E-state index in [9.17, 15) is 22.8 Å². The van der Waals surface area contributed by atoms with Crippen LogP contribution < -0.4 is 10.3 Å². The quantitative estimate of drug-likeness (QED) is 0.599. The number of carbonyl (C=O) groups is 1. The summed E-state index contributed by atoms with van der Waals surface area (Å²) in [6.07, 6.45) is -0.254. The molecule has 0 fully saturated rings. The Kier molecular flexibility index (Phi) is 3.50. The number of benzene rings is 1. The Morgan fingerprint density at radius 2 is 1.74 bits per heavy atom. The van der Waals surface area contributed by atoms with Gasteiger partial charge in [-0.2, -0.15) is 0 Å². The molecule has 0 aliphatic carbocycles. The van der Waals surface area contributed by atoms with Crippen LogP contribution in [0.5, 0.6) is 5.75 Å². The summed E-state index contributed by atoms with van der Waals surface area (Å²) < 4.78 is 46.6. The molecule has 0 radical (unpaired) electrons. The molecule has 0 N–H and O–H groups in total. The van der Waals surface area contributed by atoms with Crippen LogP contribution in [0.4, 0.5) is 13.2 Å². The molecule has 2 heterocycles. The van der Waals surface area contributed by atoms with Gasteiger partial charge in [0.15, 0.2) is 17.5 Å². The van der Waals surface area contributed by atoms with Gasteiger partial charge in [-0.15, -0.1) is 0 Å². The molecule has 7 heteroatoms. The highest BCUT2D eigenvalue weighted by Crippen LogP contribution is 2.37. The van der Waals surface area contributed by atoms with Crippen molar-refractivity contribution in [2.24, 2.45) is 7.05 Å². The van der Waals surface area contributed by atoms with Gasteiger partial charge in [0.1, 0.15) is 5.75 Å². The zero-order valence-electron chi connectivity index (χ0n) is 12.3. The van der Waals surface area contributed by atoms with Crippen LogP contribution in [0.3, 0.4) is 0 Å². The number of pyridine rings is 1. The van der Waals surface area contributed by atoms with Crippen LogP contribution in [0.25, 0.3) is 0 Å². The van der Waals surface area contributed by atoms with E-state index >= 15 is 0 Å². The summed E-state index contributed by atoms with van der Waals surface area (Å²) >= 11 is 0. The van der Waals surface area contributed by atoms with Crippen molar-refractivity contribution in [3.63, 3.8) is 0 Å². The summed E-state index contributed by atoms with van der Waals surface area (Å²) in [6, 6.07) is 3.10. The third-order valence-corrected chi connectivity index (χ3v) is 4.02. The predicted molar refractivity (Wildman–Crippen MR) is 74.8 cm³/mol. The summed E-state index contributed by atoms with van der Waals surface area (Å²) in [5, 5.41) is 0. The molecule has 1 aromatic heterocycles. The molecular formula is C16H12F3NO3. The summed E-state index contributed by atoms with van der Waals surface area (Å²) in [4.78, 5) is 24.2. The van der Waals surface area contributed by atoms with Crippen LogP contribution in [0.15, 0.2) is 23.0 Å². The molecule has 0 unspecified atom stereocenters. The number of fused-ring (bicyclic) bond motifs is 1. The van der Waals surface area contributed by atoms with Gasteiger partial charge in [0, 0.05) is 24.7 Å². The summed E-state index contributed by atoms with van der Waals surface area (Å²) in [7, 11) is 1.54. The maximum Gasteiger partial charge on any atom is 0.312 e. The minimum atomic E-state index is -1.59. The second kappa shape index (κ2) is 5.26. The van der Waals surface area contributed by atoms with Gasteiger partial charge in [-0.25, -0.2) is 13.2 Å². The fourth-order valence-corrected chi connectivity index (χ4v) is 2.71. The normalized spacial score (nSPS) is 16.9. The van der Waals surface area contributed by atoms with Crippen molar-refractivity contribution in [1.29, 1.82) is 0 Å². The average molecular weight is 323 g/mol. The Morgan fingerprint density at radius 1 is 1.13 bits per heavy atom. The van der Waals surface area contributed by atoms with Crippen molar-refractivity contribution >= 4 is 5.97 Å². The monoisotopic (exact) mass is 323 g/mol. The molecule has 23 heavy (non-hydrogen) atoms. The Balaban J connectivity index is 2.26. The molecule has 0 spiro atoms. The number of hydrogen-bond acceptors (Lipinski definition) is 3. The van der Waals surface area contributed by atoms with Crippen molar-refractivity contribution in [2.45, 2.75) is 19.3 Å². The molecular weight excluding hydrogens is 311 g/mol. The molecule has 0 amide bonds. The van der Waals surface area contributed by atoms with Crippen molar-refractivity contribution in [3.05, 3.63) is 62.8 Å². The number of rotatable bonds is 1. The summed E-state index contributed by atoms with van der Waals surface area (Å²) in [5.41, 5.74) is 0.282. The zero-order chi connectivity index (χ0) is 16.9. The number of aryl methyl sites for hydroxylation is 1. The fraction of sp³-hybridized carbons (Fsp3) is 0.250. The molecule has 3 rings (SSSR count). The van der Waals surface area contributed by atoms with Crippen molar-refractivity contribution < 1.29 is 22.7 Å². The van der Waals surface area contributed by atoms with E-state index < -0.39 is 34.9 Å². The lowest BCUT2D eigenvalue weighted by Crippen LogP contribution is -2.32. The van der Waals surface area contributed by atoms with E-state index in [0.717, 1.165) is 12.1 Å². The van der Waals surface area contributed by atoms with Crippen molar-refractivity contribution in [3.8, 4) is 5.75 Å². The second-order valence-electron chi connectivity index (χ2n) is 5.46. The fourth-order valence-electron chi connectivity index (χ4n) is 2.71. The standard InChI is InChI=1S/C16H12F3NO3/c1-7-3-12-14(16(22)20(7)2)9(6-13(21)23-12)8-4-10(17)15(19)11(18)5-8/h3-5,9H,6H2,1-2H3/t9-/m0/s1. The highest BCUT2D eigenvalue weighted by Gasteiger charge is 2.33. The lowest BCUT2D eigenvalue weighted by atomic mass is 9.86. The molecule has 1 atom stereocenters. The number of aromatic nitrogens is 1. The first-order valence-electron chi connectivity index (χ1n) is 6.85. The SMILES string of the molecule is Cc1cc2c(c(=O)n1C)[C@H](c1cc(F)c(F)c(F)c1)CC(=O)O2. The molecule has 0 bridgehead atoms. The van der Waals surface area contributed by atoms with Gasteiger partial charge in [-0.05, 0) is 24.6 Å². The number of esters is 1. The molecule has 0 saturated heterocycles. The molecule has 1 aromatic carbocycles. The van der Waals surface area contributed by atoms with Crippen LogP contribution >= 0.6 is 0 Å². The minimum Gasteiger partial charge on any atom is -0.426 e. The van der Waals surface area contributed by atoms with E-state index in [2.05, 4.69) is 0 Å². The molecule has 120 valence electrons. The Morgan fingerprint density at radius 3 is 2.35 bits per heavy atom. The maximum absolute atomic E-state index is 13.5. The predicted octanol–water partition coefficient (Wildman–Crippen LogP) is 2.55. The van der Waals surface area contributed by atoms with Gasteiger partial charge in [-0.1, -0.05) is 0 Å². The third kappa shape index (κ3) is 2.42. The van der Waals surface area contributed by atoms with Crippen molar-refractivity contribution in [2.75, 3.05) is 0 Å². The average Bonchev–Trinajstić information content (AvgIpc) is 2.49. The second-order valence-corrected chi connectivity index (χ2v) is 5.46. The lowest BCUT2D eigenvalue weighted by molar-refractivity contribution is -0.135. The van der Waals surface area contributed by atoms with Gasteiger partial charge in [0.05, 0.1) is 12.0 Å². The lowest BCUT2D eigenvalue weighted by Gasteiger charge is -2.25. The molecule has 0 saturated carbocycles. The Labute approximate surface area is 129 Å². The number of carbonyl (C=O) groups excluding carboxylic acids is 1. The van der Waals surface area contributed by atoms with Crippen LogP contribution in [-0.2, 0) is 11.8 Å². The van der Waals surface area contributed by atoms with Crippen LogP contribution in [0.1, 0.15) is 29.2 Å². The molecule has 2 aromatic rings. The van der Waals surface area contributed by atoms with E-state index in [1.807, 2.05) is 0 Å². The molecule has 4 nitrogen and oxygen atoms in total. The highest BCUT2D eigenvalue weighted by molar-refractivity contribution is 5.77. The van der Waals surface area contributed by atoms with Crippen LogP contribution in [0, 0.1) is 24.4 Å². The minimum absolute atomic E-state index is 0.0141. The summed E-state index contributed by atoms with van der Waals surface area (Å²) in [6.45, 7) is 1.66. The first kappa shape index (κ1) is 15.3. The van der Waals surface area contributed by atoms with Gasteiger partial charge >= 0.3 is 5.97 Å². The molecule has 1 aliphatic heterocycles. The highest BCUT2D eigenvalue weighted by atomic mass is 19.2. The van der Waals surface area contributed by atoms with Gasteiger partial charge in [0.25, 0.3) is 5.56 Å². The van der Waals surface area contributed by atoms with E-state index in [1.165, 1.54) is 17.7 Å². The van der Waals surface area contributed by atoms with E-state index in [4.69, 9.17) is 4.74 Å². The van der Waals surface area contributed by atoms with E-state index in [-0.39, 0.29) is 23.3 Å². The summed E-state index contributed by atoms with van der Waals surface area (Å²) in [5.74, 6) is -5.79. The van der Waals surface area contributed by atoms with Crippen molar-refractivity contribution in [1.82, 2.24) is 4.57 Å². The first-order valence-corrected chi connectivity index (χ1v) is 6.85. The van der Waals surface area contributed by atoms with Gasteiger partial charge in [-0.3, -0.25) is 9.59 Å². The van der Waals surface area contributed by atoms with E-state index in [0.29, 0.717) is 5.69 Å². The first-order chi connectivity index (χ1) is 10.8. The zero-order valence-corrected chi connectivity index (χ0v) is 12.3. The number of halogens is 3. The van der Waals surface area contributed by atoms with Gasteiger partial charge in [0.2, 0.25) is 0 Å². The Hall–Kier alpha value is -2.57. The third-order valence-electron chi connectivity index (χ3n) is 4.02. The smallest absolute Gasteiger partial charge is 0.312 e.